The van der Waals surface area contributed by atoms with E-state index in [0.717, 1.165) is 34.0 Å². The topological polar surface area (TPSA) is 62.7 Å². The summed E-state index contributed by atoms with van der Waals surface area (Å²) in [5.41, 5.74) is 3.61. The molecule has 3 aromatic rings. The summed E-state index contributed by atoms with van der Waals surface area (Å²) in [5, 5.41) is 10.1. The van der Waals surface area contributed by atoms with Crippen molar-refractivity contribution in [3.63, 3.8) is 0 Å². The first kappa shape index (κ1) is 16.8. The molecule has 0 aliphatic rings. The van der Waals surface area contributed by atoms with Crippen molar-refractivity contribution >= 4 is 22.9 Å². The lowest BCUT2D eigenvalue weighted by molar-refractivity contribution is 0.144. The summed E-state index contributed by atoms with van der Waals surface area (Å²) in [6.45, 7) is 2.08. The van der Waals surface area contributed by atoms with Crippen molar-refractivity contribution in [2.45, 2.75) is 13.3 Å². The minimum atomic E-state index is -1.35. The van der Waals surface area contributed by atoms with Gasteiger partial charge in [0.15, 0.2) is 11.6 Å². The van der Waals surface area contributed by atoms with Crippen molar-refractivity contribution < 1.29 is 14.6 Å². The minimum absolute atomic E-state index is 0.254. The second-order valence-corrected chi connectivity index (χ2v) is 5.93. The summed E-state index contributed by atoms with van der Waals surface area (Å²) in [7, 11) is 3.65. The van der Waals surface area contributed by atoms with Crippen molar-refractivity contribution in [3.05, 3.63) is 54.1 Å². The third-order valence-corrected chi connectivity index (χ3v) is 4.09. The van der Waals surface area contributed by atoms with E-state index in [9.17, 15) is 9.90 Å². The minimum Gasteiger partial charge on any atom is -0.449 e. The van der Waals surface area contributed by atoms with Crippen LogP contribution in [0.4, 0.5) is 10.6 Å². The summed E-state index contributed by atoms with van der Waals surface area (Å²) >= 11 is 0. The molecule has 1 heterocycles. The number of aryl methyl sites for hydroxylation is 1. The van der Waals surface area contributed by atoms with E-state index >= 15 is 0 Å². The highest BCUT2D eigenvalue weighted by atomic mass is 16.7. The second kappa shape index (κ2) is 6.81. The number of anilines is 1. The molecule has 1 N–H and O–H groups in total. The second-order valence-electron chi connectivity index (χ2n) is 5.93. The molecule has 0 spiro atoms. The molecule has 0 bridgehead atoms. The van der Waals surface area contributed by atoms with Crippen LogP contribution in [-0.4, -0.2) is 30.3 Å². The Balaban J connectivity index is 2.47. The van der Waals surface area contributed by atoms with E-state index in [2.05, 4.69) is 6.92 Å². The van der Waals surface area contributed by atoms with Gasteiger partial charge in [0.25, 0.3) is 0 Å². The van der Waals surface area contributed by atoms with E-state index in [1.807, 2.05) is 62.6 Å². The quantitative estimate of drug-likeness (QED) is 0.706. The van der Waals surface area contributed by atoms with Gasteiger partial charge < -0.3 is 14.7 Å². The number of benzene rings is 2. The Kier molecular flexibility index (Phi) is 4.57. The normalized spacial score (nSPS) is 10.7. The molecule has 2 aromatic carbocycles. The van der Waals surface area contributed by atoms with Crippen LogP contribution >= 0.6 is 0 Å². The molecule has 0 atom stereocenters. The number of ether oxygens (including phenoxy) is 1. The lowest BCUT2D eigenvalue weighted by Gasteiger charge is -2.21. The molecule has 0 unspecified atom stereocenters. The first-order valence-corrected chi connectivity index (χ1v) is 8.12. The summed E-state index contributed by atoms with van der Waals surface area (Å²) in [6.07, 6.45) is -0.516. The lowest BCUT2D eigenvalue weighted by atomic mass is 9.97. The predicted octanol–water partition coefficient (Wildman–Crippen LogP) is 4.59. The standard InChI is InChI=1S/C20H20N2O3/c1-4-13-11-8-12-15-16(14-9-6-5-7-10-14)18(25-20(23)24)19(22(2)3)21-17(13)15/h5-12H,4H2,1-3H3,(H,23,24). The van der Waals surface area contributed by atoms with Crippen LogP contribution < -0.4 is 9.64 Å². The molecular formula is C20H20N2O3. The highest BCUT2D eigenvalue weighted by Crippen LogP contribution is 2.42. The van der Waals surface area contributed by atoms with Gasteiger partial charge in [-0.05, 0) is 17.5 Å². The number of pyridine rings is 1. The Morgan fingerprint density at radius 1 is 1.12 bits per heavy atom. The van der Waals surface area contributed by atoms with Gasteiger partial charge in [-0.25, -0.2) is 9.78 Å². The van der Waals surface area contributed by atoms with E-state index in [4.69, 9.17) is 9.72 Å². The number of fused-ring (bicyclic) bond motifs is 1. The fourth-order valence-electron chi connectivity index (χ4n) is 2.98. The Bertz CT molecular complexity index is 921. The number of carbonyl (C=O) groups is 1. The summed E-state index contributed by atoms with van der Waals surface area (Å²) in [5.74, 6) is 0.749. The van der Waals surface area contributed by atoms with Crippen molar-refractivity contribution in [1.82, 2.24) is 4.98 Å². The Morgan fingerprint density at radius 3 is 2.44 bits per heavy atom. The molecule has 0 saturated heterocycles. The summed E-state index contributed by atoms with van der Waals surface area (Å²) in [4.78, 5) is 17.8. The fourth-order valence-corrected chi connectivity index (χ4v) is 2.98. The molecule has 5 heteroatoms. The van der Waals surface area contributed by atoms with Gasteiger partial charge >= 0.3 is 6.16 Å². The van der Waals surface area contributed by atoms with Gasteiger partial charge in [-0.15, -0.1) is 0 Å². The Labute approximate surface area is 146 Å². The number of carboxylic acid groups (broad SMARTS) is 1. The van der Waals surface area contributed by atoms with Gasteiger partial charge in [-0.2, -0.15) is 0 Å². The smallest absolute Gasteiger partial charge is 0.449 e. The SMILES string of the molecule is CCc1cccc2c(-c3ccccc3)c(OC(=O)O)c(N(C)C)nc12. The molecule has 0 fully saturated rings. The van der Waals surface area contributed by atoms with E-state index in [-0.39, 0.29) is 5.75 Å². The number of para-hydroxylation sites is 1. The monoisotopic (exact) mass is 336 g/mol. The number of aromatic nitrogens is 1. The molecule has 128 valence electrons. The number of nitrogens with zero attached hydrogens (tertiary/aromatic N) is 2. The van der Waals surface area contributed by atoms with Gasteiger partial charge in [-0.1, -0.05) is 55.5 Å². The van der Waals surface area contributed by atoms with Gasteiger partial charge in [0, 0.05) is 25.0 Å². The lowest BCUT2D eigenvalue weighted by Crippen LogP contribution is -2.16. The van der Waals surface area contributed by atoms with Gasteiger partial charge in [0.1, 0.15) is 0 Å². The Hall–Kier alpha value is -3.08. The van der Waals surface area contributed by atoms with Gasteiger partial charge in [-0.3, -0.25) is 0 Å². The number of rotatable bonds is 4. The van der Waals surface area contributed by atoms with Crippen LogP contribution in [0.25, 0.3) is 22.0 Å². The van der Waals surface area contributed by atoms with Crippen molar-refractivity contribution in [2.24, 2.45) is 0 Å². The average molecular weight is 336 g/mol. The van der Waals surface area contributed by atoms with E-state index in [0.29, 0.717) is 5.82 Å². The molecule has 0 aliphatic heterocycles. The van der Waals surface area contributed by atoms with Crippen LogP contribution in [0.15, 0.2) is 48.5 Å². The molecule has 3 rings (SSSR count). The molecule has 25 heavy (non-hydrogen) atoms. The average Bonchev–Trinajstić information content (AvgIpc) is 2.60. The fraction of sp³-hybridized carbons (Fsp3) is 0.200. The number of hydrogen-bond acceptors (Lipinski definition) is 4. The zero-order chi connectivity index (χ0) is 18.0. The highest BCUT2D eigenvalue weighted by molar-refractivity contribution is 6.02. The number of hydrogen-bond donors (Lipinski definition) is 1. The van der Waals surface area contributed by atoms with E-state index < -0.39 is 6.16 Å². The van der Waals surface area contributed by atoms with Crippen molar-refractivity contribution in [1.29, 1.82) is 0 Å². The van der Waals surface area contributed by atoms with Crippen molar-refractivity contribution in [3.8, 4) is 16.9 Å². The van der Waals surface area contributed by atoms with Gasteiger partial charge in [0.2, 0.25) is 0 Å². The van der Waals surface area contributed by atoms with E-state index in [1.165, 1.54) is 0 Å². The largest absolute Gasteiger partial charge is 0.511 e. The molecule has 0 radical (unpaired) electrons. The molecule has 0 amide bonds. The maximum Gasteiger partial charge on any atom is 0.511 e. The zero-order valence-electron chi connectivity index (χ0n) is 14.5. The predicted molar refractivity (Wildman–Crippen MR) is 99.5 cm³/mol. The molecular weight excluding hydrogens is 316 g/mol. The molecule has 0 saturated carbocycles. The van der Waals surface area contributed by atoms with Crippen LogP contribution in [0.2, 0.25) is 0 Å². The highest BCUT2D eigenvalue weighted by Gasteiger charge is 2.22. The zero-order valence-corrected chi connectivity index (χ0v) is 14.5. The third kappa shape index (κ3) is 3.13. The van der Waals surface area contributed by atoms with Crippen LogP contribution in [0.3, 0.4) is 0 Å². The Morgan fingerprint density at radius 2 is 1.84 bits per heavy atom. The summed E-state index contributed by atoms with van der Waals surface area (Å²) < 4.78 is 5.19. The first-order valence-electron chi connectivity index (χ1n) is 8.12. The third-order valence-electron chi connectivity index (χ3n) is 4.09. The van der Waals surface area contributed by atoms with Gasteiger partial charge in [0.05, 0.1) is 5.52 Å². The van der Waals surface area contributed by atoms with E-state index in [1.54, 1.807) is 4.90 Å². The molecule has 5 nitrogen and oxygen atoms in total. The maximum absolute atomic E-state index is 11.3. The van der Waals surface area contributed by atoms with Crippen molar-refractivity contribution in [2.75, 3.05) is 19.0 Å². The van der Waals surface area contributed by atoms with Crippen LogP contribution in [0.1, 0.15) is 12.5 Å². The summed E-state index contributed by atoms with van der Waals surface area (Å²) in [6, 6.07) is 15.6. The molecule has 1 aromatic heterocycles. The maximum atomic E-state index is 11.3. The van der Waals surface area contributed by atoms with Crippen LogP contribution in [-0.2, 0) is 6.42 Å². The van der Waals surface area contributed by atoms with Crippen LogP contribution in [0, 0.1) is 0 Å². The first-order chi connectivity index (χ1) is 12.0. The molecule has 0 aliphatic carbocycles. The van der Waals surface area contributed by atoms with Crippen LogP contribution in [0.5, 0.6) is 5.75 Å².